The van der Waals surface area contributed by atoms with Crippen LogP contribution in [0.3, 0.4) is 0 Å². The van der Waals surface area contributed by atoms with E-state index in [0.29, 0.717) is 50.8 Å². The summed E-state index contributed by atoms with van der Waals surface area (Å²) in [6.45, 7) is 3.82. The Morgan fingerprint density at radius 1 is 0.914 bits per heavy atom. The predicted octanol–water partition coefficient (Wildman–Crippen LogP) is 1.79. The largest absolute Gasteiger partial charge is 0.371 e. The molecule has 6 heterocycles. The molecule has 1 aromatic heterocycles. The van der Waals surface area contributed by atoms with Crippen molar-refractivity contribution in [2.24, 2.45) is 11.1 Å². The molecular weight excluding hydrogens is 769 g/mol. The molecule has 0 saturated carbocycles. The Bertz CT molecular complexity index is 2330. The minimum Gasteiger partial charge on any atom is -0.371 e. The molecule has 5 aliphatic rings. The van der Waals surface area contributed by atoms with Gasteiger partial charge in [-0.2, -0.15) is 0 Å². The maximum Gasteiger partial charge on any atom is 0.317 e. The topological polar surface area (TPSA) is 237 Å². The van der Waals surface area contributed by atoms with Crippen molar-refractivity contribution >= 4 is 68.4 Å². The van der Waals surface area contributed by atoms with Gasteiger partial charge in [0, 0.05) is 69.4 Å². The number of carbonyl (C=O) groups excluding carboxylic acids is 6. The molecule has 5 N–H and O–H groups in total. The second-order valence-corrected chi connectivity index (χ2v) is 17.8. The number of nitrogens with two attached hydrogens (primary N) is 1. The highest BCUT2D eigenvalue weighted by Gasteiger charge is 2.46. The Hall–Kier alpha value is -6.11. The lowest BCUT2D eigenvalue weighted by Gasteiger charge is -2.40. The number of likely N-dealkylation sites (tertiary alicyclic amines) is 1. The first-order valence-corrected chi connectivity index (χ1v) is 21.2. The van der Waals surface area contributed by atoms with Crippen molar-refractivity contribution in [3.05, 3.63) is 65.5 Å². The van der Waals surface area contributed by atoms with E-state index in [9.17, 15) is 37.2 Å². The van der Waals surface area contributed by atoms with Crippen LogP contribution in [0.2, 0.25) is 0 Å². The molecule has 0 aliphatic carbocycles. The number of hydrogen-bond donors (Lipinski definition) is 4. The number of nitrogens with one attached hydrogen (secondary N) is 3. The number of primary amides is 1. The summed E-state index contributed by atoms with van der Waals surface area (Å²) in [4.78, 5) is 92.6. The van der Waals surface area contributed by atoms with Crippen molar-refractivity contribution in [1.82, 2.24) is 30.4 Å². The average Bonchev–Trinajstić information content (AvgIpc) is 3.72. The van der Waals surface area contributed by atoms with E-state index in [2.05, 4.69) is 30.8 Å². The Morgan fingerprint density at radius 2 is 1.64 bits per heavy atom. The van der Waals surface area contributed by atoms with Crippen molar-refractivity contribution < 1.29 is 37.2 Å². The van der Waals surface area contributed by atoms with E-state index in [1.807, 2.05) is 15.9 Å². The van der Waals surface area contributed by atoms with Gasteiger partial charge < -0.3 is 31.1 Å². The first-order chi connectivity index (χ1) is 27.7. The molecular formula is C39H44N10O8S. The number of carbonyl (C=O) groups is 6. The quantitative estimate of drug-likeness (QED) is 0.238. The number of imide groups is 2. The van der Waals surface area contributed by atoms with Crippen LogP contribution in [0, 0.1) is 5.41 Å². The number of benzene rings is 2. The normalized spacial score (nSPS) is 21.9. The molecule has 8 rings (SSSR count). The fourth-order valence-electron chi connectivity index (χ4n) is 8.70. The van der Waals surface area contributed by atoms with Gasteiger partial charge in [-0.05, 0) is 86.4 Å². The molecule has 0 radical (unpaired) electrons. The van der Waals surface area contributed by atoms with Gasteiger partial charge in [-0.25, -0.2) is 23.2 Å². The zero-order valence-corrected chi connectivity index (χ0v) is 32.7. The number of fused-ring (bicyclic) bond motifs is 1. The number of piperidine rings is 3. The summed E-state index contributed by atoms with van der Waals surface area (Å²) >= 11 is 0. The average molecular weight is 813 g/mol. The zero-order valence-electron chi connectivity index (χ0n) is 31.9. The number of urea groups is 1. The third kappa shape index (κ3) is 7.52. The van der Waals surface area contributed by atoms with Gasteiger partial charge in [0.15, 0.2) is 21.3 Å². The second-order valence-electron chi connectivity index (χ2n) is 15.8. The Morgan fingerprint density at radius 3 is 2.34 bits per heavy atom. The molecule has 58 heavy (non-hydrogen) atoms. The molecule has 2 unspecified atom stereocenters. The number of amides is 7. The van der Waals surface area contributed by atoms with Gasteiger partial charge in [-0.15, -0.1) is 0 Å². The van der Waals surface area contributed by atoms with E-state index in [-0.39, 0.29) is 57.9 Å². The van der Waals surface area contributed by atoms with Gasteiger partial charge in [0.25, 0.3) is 17.7 Å². The smallest absolute Gasteiger partial charge is 0.317 e. The van der Waals surface area contributed by atoms with Crippen molar-refractivity contribution in [3.8, 4) is 0 Å². The van der Waals surface area contributed by atoms with E-state index in [0.717, 1.165) is 48.9 Å². The monoisotopic (exact) mass is 812 g/mol. The Balaban J connectivity index is 0.860. The molecule has 18 nitrogen and oxygen atoms in total. The van der Waals surface area contributed by atoms with Gasteiger partial charge in [0.05, 0.1) is 22.2 Å². The van der Waals surface area contributed by atoms with Gasteiger partial charge in [-0.3, -0.25) is 34.2 Å². The summed E-state index contributed by atoms with van der Waals surface area (Å²) in [5, 5.41) is 8.49. The molecule has 0 bridgehead atoms. The number of hydrogen-bond acceptors (Lipinski definition) is 13. The van der Waals surface area contributed by atoms with E-state index >= 15 is 0 Å². The highest BCUT2D eigenvalue weighted by Crippen LogP contribution is 2.42. The molecule has 2 atom stereocenters. The van der Waals surface area contributed by atoms with E-state index in [1.165, 1.54) is 18.3 Å². The van der Waals surface area contributed by atoms with Crippen LogP contribution in [0.25, 0.3) is 0 Å². The van der Waals surface area contributed by atoms with Crippen LogP contribution in [0.5, 0.6) is 0 Å². The summed E-state index contributed by atoms with van der Waals surface area (Å²) in [5.41, 5.74) is 7.30. The van der Waals surface area contributed by atoms with Gasteiger partial charge in [0.2, 0.25) is 11.8 Å². The lowest BCUT2D eigenvalue weighted by atomic mass is 9.77. The first-order valence-electron chi connectivity index (χ1n) is 19.3. The third-order valence-electron chi connectivity index (χ3n) is 11.9. The fourth-order valence-corrected chi connectivity index (χ4v) is 9.33. The van der Waals surface area contributed by atoms with Crippen LogP contribution in [0.4, 0.5) is 27.8 Å². The minimum atomic E-state index is -3.39. The second kappa shape index (κ2) is 15.0. The minimum absolute atomic E-state index is 0.0379. The zero-order chi connectivity index (χ0) is 40.9. The van der Waals surface area contributed by atoms with Crippen molar-refractivity contribution in [2.45, 2.75) is 61.9 Å². The number of sulfone groups is 1. The predicted molar refractivity (Wildman–Crippen MR) is 210 cm³/mol. The van der Waals surface area contributed by atoms with Crippen LogP contribution in [-0.4, -0.2) is 121 Å². The van der Waals surface area contributed by atoms with E-state index in [4.69, 9.17) is 5.73 Å². The van der Waals surface area contributed by atoms with Crippen molar-refractivity contribution in [2.75, 3.05) is 60.6 Å². The molecule has 4 saturated heterocycles. The summed E-state index contributed by atoms with van der Waals surface area (Å²) in [5.74, 6) is -2.27. The number of rotatable bonds is 8. The SMILES string of the molecule is CS(=O)(=O)c1ccc(Nc2nc(N3CCCC(NC(=O)N4CCC5(CCN(c6ccc7c(c6)C(=O)N(C6CCC(=O)NC6=O)C7=O)CC5)C4)C3)cnc2C(N)=O)cc1. The highest BCUT2D eigenvalue weighted by molar-refractivity contribution is 7.90. The molecule has 7 amide bonds. The lowest BCUT2D eigenvalue weighted by molar-refractivity contribution is -0.136. The summed E-state index contributed by atoms with van der Waals surface area (Å²) in [6, 6.07) is 9.93. The molecule has 1 spiro atoms. The summed E-state index contributed by atoms with van der Waals surface area (Å²) in [7, 11) is -3.39. The van der Waals surface area contributed by atoms with Crippen LogP contribution in [0.1, 0.15) is 76.2 Å². The van der Waals surface area contributed by atoms with Crippen LogP contribution >= 0.6 is 0 Å². The molecule has 2 aromatic carbocycles. The van der Waals surface area contributed by atoms with Crippen molar-refractivity contribution in [1.29, 1.82) is 0 Å². The molecule has 3 aromatic rings. The maximum atomic E-state index is 13.6. The molecule has 19 heteroatoms. The summed E-state index contributed by atoms with van der Waals surface area (Å²) < 4.78 is 23.8. The third-order valence-corrected chi connectivity index (χ3v) is 13.1. The number of aromatic nitrogens is 2. The van der Waals surface area contributed by atoms with Crippen LogP contribution < -0.4 is 31.5 Å². The summed E-state index contributed by atoms with van der Waals surface area (Å²) in [6.07, 6.45) is 6.89. The first kappa shape index (κ1) is 38.7. The van der Waals surface area contributed by atoms with Gasteiger partial charge in [0.1, 0.15) is 11.9 Å². The van der Waals surface area contributed by atoms with E-state index < -0.39 is 45.4 Å². The molecule has 304 valence electrons. The van der Waals surface area contributed by atoms with Crippen LogP contribution in [-0.2, 0) is 19.4 Å². The number of nitrogens with zero attached hydrogens (tertiary/aromatic N) is 6. The maximum absolute atomic E-state index is 13.6. The lowest BCUT2D eigenvalue weighted by Crippen LogP contribution is -2.54. The van der Waals surface area contributed by atoms with Gasteiger partial charge in [-0.1, -0.05) is 0 Å². The molecule has 5 aliphatic heterocycles. The van der Waals surface area contributed by atoms with Gasteiger partial charge >= 0.3 is 6.03 Å². The Labute approximate surface area is 334 Å². The standard InChI is InChI=1S/C39H44N10O8S/c1-58(56,57)26-7-4-23(5-8-26)42-34-32(33(40)51)41-20-30(44-34)47-15-2-3-24(21-47)43-38(55)48-18-14-39(22-48)12-16-46(17-13-39)25-6-9-27-28(19-25)37(54)49(36(27)53)29-10-11-31(50)45-35(29)52/h4-9,19-20,24,29H,2-3,10-18,21-22H2,1H3,(H2,40,51)(H,42,44)(H,43,55)(H,45,50,52). The van der Waals surface area contributed by atoms with E-state index in [1.54, 1.807) is 24.3 Å². The Kier molecular flexibility index (Phi) is 10.0. The van der Waals surface area contributed by atoms with Crippen LogP contribution in [0.15, 0.2) is 53.6 Å². The fraction of sp³-hybridized carbons (Fsp3) is 0.436. The molecule has 4 fully saturated rings. The highest BCUT2D eigenvalue weighted by atomic mass is 32.2. The van der Waals surface area contributed by atoms with Crippen molar-refractivity contribution in [3.63, 3.8) is 0 Å². The number of anilines is 4.